The Morgan fingerprint density at radius 2 is 2.08 bits per heavy atom. The van der Waals surface area contributed by atoms with E-state index >= 15 is 0 Å². The Balaban J connectivity index is 1.98. The van der Waals surface area contributed by atoms with Crippen LogP contribution >= 0.6 is 0 Å². The summed E-state index contributed by atoms with van der Waals surface area (Å²) in [6.45, 7) is 5.71. The molecule has 1 heterocycles. The average molecular weight is 350 g/mol. The van der Waals surface area contributed by atoms with Crippen LogP contribution in [-0.2, 0) is 11.2 Å². The minimum absolute atomic E-state index is 0.0909. The summed E-state index contributed by atoms with van der Waals surface area (Å²) in [5.41, 5.74) is -1.61. The highest BCUT2D eigenvalue weighted by Crippen LogP contribution is 2.63. The van der Waals surface area contributed by atoms with E-state index < -0.39 is 34.4 Å². The summed E-state index contributed by atoms with van der Waals surface area (Å²) < 4.78 is 5.13. The van der Waals surface area contributed by atoms with Gasteiger partial charge in [0.1, 0.15) is 0 Å². The van der Waals surface area contributed by atoms with E-state index in [2.05, 4.69) is 0 Å². The number of furan rings is 1. The maximum absolute atomic E-state index is 12.1. The van der Waals surface area contributed by atoms with Crippen molar-refractivity contribution in [1.82, 2.24) is 0 Å². The topological polar surface area (TPSA) is 90.9 Å². The summed E-state index contributed by atoms with van der Waals surface area (Å²) in [6, 6.07) is 1.90. The zero-order valence-electron chi connectivity index (χ0n) is 15.4. The molecular formula is C20H30O5. The van der Waals surface area contributed by atoms with E-state index in [1.165, 1.54) is 0 Å². The van der Waals surface area contributed by atoms with Crippen LogP contribution in [-0.4, -0.2) is 33.0 Å². The van der Waals surface area contributed by atoms with Crippen molar-refractivity contribution in [3.63, 3.8) is 0 Å². The van der Waals surface area contributed by atoms with E-state index in [1.54, 1.807) is 19.5 Å². The minimum atomic E-state index is -1.01. The van der Waals surface area contributed by atoms with Crippen molar-refractivity contribution in [3.05, 3.63) is 24.2 Å². The fourth-order valence-corrected chi connectivity index (χ4v) is 5.97. The first-order valence-corrected chi connectivity index (χ1v) is 9.30. The highest BCUT2D eigenvalue weighted by molar-refractivity contribution is 5.75. The van der Waals surface area contributed by atoms with E-state index in [9.17, 15) is 20.1 Å². The molecule has 0 amide bonds. The molecule has 0 spiro atoms. The minimum Gasteiger partial charge on any atom is -0.481 e. The van der Waals surface area contributed by atoms with Crippen LogP contribution in [0.5, 0.6) is 0 Å². The van der Waals surface area contributed by atoms with Crippen molar-refractivity contribution in [1.29, 1.82) is 0 Å². The van der Waals surface area contributed by atoms with Gasteiger partial charge in [0.25, 0.3) is 0 Å². The fourth-order valence-electron chi connectivity index (χ4n) is 5.97. The third kappa shape index (κ3) is 2.63. The van der Waals surface area contributed by atoms with Crippen molar-refractivity contribution >= 4 is 5.97 Å². The Labute approximate surface area is 149 Å². The number of fused-ring (bicyclic) bond motifs is 1. The molecule has 2 fully saturated rings. The van der Waals surface area contributed by atoms with Gasteiger partial charge in [-0.2, -0.15) is 0 Å². The number of aliphatic hydroxyl groups is 2. The number of rotatable bonds is 4. The Hall–Kier alpha value is -1.33. The standard InChI is InChI=1S/C20H30O5/c1-13-11-15(21)16-18(2,17(22)23)7-4-8-19(16,3)20(13,24)9-5-14-6-10-25-12-14/h6,10,12-13,15-16,21,24H,4-5,7-9,11H2,1-3H3,(H,22,23)/t13-,15+,16+,18-,19-,20-/m0/s1. The van der Waals surface area contributed by atoms with Gasteiger partial charge in [0, 0.05) is 11.3 Å². The fraction of sp³-hybridized carbons (Fsp3) is 0.750. The first kappa shape index (κ1) is 18.5. The number of aliphatic carboxylic acids is 1. The van der Waals surface area contributed by atoms with E-state index in [-0.39, 0.29) is 5.92 Å². The molecule has 0 aliphatic heterocycles. The predicted octanol–water partition coefficient (Wildman–Crippen LogP) is 3.24. The van der Waals surface area contributed by atoms with Crippen molar-refractivity contribution in [3.8, 4) is 0 Å². The van der Waals surface area contributed by atoms with E-state index in [0.29, 0.717) is 25.7 Å². The molecule has 0 bridgehead atoms. The third-order valence-electron chi connectivity index (χ3n) is 7.41. The molecule has 2 aliphatic rings. The Bertz CT molecular complexity index is 626. The monoisotopic (exact) mass is 350 g/mol. The molecule has 0 aromatic carbocycles. The van der Waals surface area contributed by atoms with Crippen LogP contribution in [0, 0.1) is 22.7 Å². The highest BCUT2D eigenvalue weighted by atomic mass is 16.4. The second kappa shape index (κ2) is 6.13. The summed E-state index contributed by atoms with van der Waals surface area (Å²) in [7, 11) is 0. The lowest BCUT2D eigenvalue weighted by atomic mass is 9.43. The van der Waals surface area contributed by atoms with E-state index in [0.717, 1.165) is 18.4 Å². The predicted molar refractivity (Wildman–Crippen MR) is 93.0 cm³/mol. The highest BCUT2D eigenvalue weighted by Gasteiger charge is 2.66. The summed E-state index contributed by atoms with van der Waals surface area (Å²) >= 11 is 0. The van der Waals surface area contributed by atoms with Crippen molar-refractivity contribution in [2.24, 2.45) is 22.7 Å². The first-order chi connectivity index (χ1) is 11.6. The second-order valence-electron chi connectivity index (χ2n) is 8.73. The molecule has 3 rings (SSSR count). The normalized spacial score (nSPS) is 44.3. The van der Waals surface area contributed by atoms with Crippen LogP contribution in [0.2, 0.25) is 0 Å². The molecular weight excluding hydrogens is 320 g/mol. The van der Waals surface area contributed by atoms with Crippen LogP contribution in [0.4, 0.5) is 0 Å². The average Bonchev–Trinajstić information content (AvgIpc) is 3.04. The molecule has 6 atom stereocenters. The SMILES string of the molecule is C[C@H]1C[C@@H](O)[C@H]2[C@](C)(CCC[C@]2(C)C(=O)O)[C@]1(O)CCc1ccoc1. The molecule has 5 nitrogen and oxygen atoms in total. The summed E-state index contributed by atoms with van der Waals surface area (Å²) in [5.74, 6) is -1.40. The Morgan fingerprint density at radius 3 is 2.68 bits per heavy atom. The van der Waals surface area contributed by atoms with E-state index in [1.807, 2.05) is 19.9 Å². The zero-order chi connectivity index (χ0) is 18.5. The number of aryl methyl sites for hydroxylation is 1. The second-order valence-corrected chi connectivity index (χ2v) is 8.73. The lowest BCUT2D eigenvalue weighted by Crippen LogP contribution is -2.68. The lowest BCUT2D eigenvalue weighted by Gasteiger charge is -2.63. The molecule has 0 unspecified atom stereocenters. The smallest absolute Gasteiger partial charge is 0.309 e. The van der Waals surface area contributed by atoms with Gasteiger partial charge in [0.15, 0.2) is 0 Å². The Morgan fingerprint density at radius 1 is 1.36 bits per heavy atom. The molecule has 2 aliphatic carbocycles. The van der Waals surface area contributed by atoms with Gasteiger partial charge in [-0.3, -0.25) is 4.79 Å². The van der Waals surface area contributed by atoms with Crippen LogP contribution < -0.4 is 0 Å². The third-order valence-corrected chi connectivity index (χ3v) is 7.41. The molecule has 3 N–H and O–H groups in total. The maximum Gasteiger partial charge on any atom is 0.309 e. The van der Waals surface area contributed by atoms with Crippen molar-refractivity contribution in [2.75, 3.05) is 0 Å². The maximum atomic E-state index is 12.1. The van der Waals surface area contributed by atoms with E-state index in [4.69, 9.17) is 4.42 Å². The number of hydrogen-bond donors (Lipinski definition) is 3. The van der Waals surface area contributed by atoms with Gasteiger partial charge in [0.2, 0.25) is 0 Å². The van der Waals surface area contributed by atoms with Crippen LogP contribution in [0.3, 0.4) is 0 Å². The van der Waals surface area contributed by atoms with Gasteiger partial charge in [-0.1, -0.05) is 20.3 Å². The quantitative estimate of drug-likeness (QED) is 0.775. The van der Waals surface area contributed by atoms with Gasteiger partial charge in [0.05, 0.1) is 29.6 Å². The molecule has 140 valence electrons. The molecule has 25 heavy (non-hydrogen) atoms. The number of aliphatic hydroxyl groups excluding tert-OH is 1. The zero-order valence-corrected chi connectivity index (χ0v) is 15.4. The van der Waals surface area contributed by atoms with Crippen LogP contribution in [0.25, 0.3) is 0 Å². The van der Waals surface area contributed by atoms with Gasteiger partial charge in [-0.15, -0.1) is 0 Å². The largest absolute Gasteiger partial charge is 0.481 e. The van der Waals surface area contributed by atoms with Gasteiger partial charge < -0.3 is 19.7 Å². The molecule has 0 radical (unpaired) electrons. The molecule has 1 aromatic rings. The summed E-state index contributed by atoms with van der Waals surface area (Å²) in [4.78, 5) is 12.1. The number of carboxylic acid groups (broad SMARTS) is 1. The number of carboxylic acids is 1. The summed E-state index contributed by atoms with van der Waals surface area (Å²) in [6.07, 6.45) is 6.32. The number of carbonyl (C=O) groups is 1. The number of hydrogen-bond acceptors (Lipinski definition) is 4. The molecule has 1 aromatic heterocycles. The van der Waals surface area contributed by atoms with Gasteiger partial charge >= 0.3 is 5.97 Å². The first-order valence-electron chi connectivity index (χ1n) is 9.30. The van der Waals surface area contributed by atoms with Gasteiger partial charge in [-0.25, -0.2) is 0 Å². The van der Waals surface area contributed by atoms with Crippen LogP contribution in [0.15, 0.2) is 23.0 Å². The van der Waals surface area contributed by atoms with Crippen LogP contribution in [0.1, 0.15) is 58.4 Å². The summed E-state index contributed by atoms with van der Waals surface area (Å²) in [5, 5.41) is 32.5. The van der Waals surface area contributed by atoms with Gasteiger partial charge in [-0.05, 0) is 56.6 Å². The molecule has 2 saturated carbocycles. The van der Waals surface area contributed by atoms with Crippen molar-refractivity contribution in [2.45, 2.75) is 71.0 Å². The van der Waals surface area contributed by atoms with Crippen molar-refractivity contribution < 1.29 is 24.5 Å². The molecule has 5 heteroatoms. The molecule has 0 saturated heterocycles. The lowest BCUT2D eigenvalue weighted by molar-refractivity contribution is -0.248. The Kier molecular flexibility index (Phi) is 4.53.